The molecule has 0 saturated carbocycles. The lowest BCUT2D eigenvalue weighted by atomic mass is 9.88. The number of piperazine rings is 1. The van der Waals surface area contributed by atoms with Crippen molar-refractivity contribution in [3.8, 4) is 11.1 Å². The monoisotopic (exact) mass is 517 g/mol. The van der Waals surface area contributed by atoms with Gasteiger partial charge in [0.15, 0.2) is 0 Å². The number of nitrogens with zero attached hydrogens (tertiary/aromatic N) is 5. The zero-order chi connectivity index (χ0) is 26.9. The van der Waals surface area contributed by atoms with E-state index in [9.17, 15) is 4.79 Å². The van der Waals surface area contributed by atoms with Crippen LogP contribution < -0.4 is 4.90 Å². The van der Waals surface area contributed by atoms with Gasteiger partial charge in [-0.3, -0.25) is 0 Å². The maximum atomic E-state index is 12.5. The predicted molar refractivity (Wildman–Crippen MR) is 154 cm³/mol. The number of hydrogen-bond acceptors (Lipinski definition) is 5. The summed E-state index contributed by atoms with van der Waals surface area (Å²) in [6, 6.07) is 14.1. The molecule has 0 N–H and O–H groups in total. The van der Waals surface area contributed by atoms with Crippen LogP contribution in [0.1, 0.15) is 58.9 Å². The van der Waals surface area contributed by atoms with Crippen molar-refractivity contribution >= 4 is 17.3 Å². The van der Waals surface area contributed by atoms with Crippen molar-refractivity contribution in [3.05, 3.63) is 54.4 Å². The minimum atomic E-state index is -0.210. The Balaban J connectivity index is 1.25. The van der Waals surface area contributed by atoms with E-state index in [1.165, 1.54) is 42.6 Å². The van der Waals surface area contributed by atoms with Crippen molar-refractivity contribution in [2.24, 2.45) is 5.41 Å². The summed E-state index contributed by atoms with van der Waals surface area (Å²) in [7, 11) is 0. The molecule has 7 heteroatoms. The average Bonchev–Trinajstić information content (AvgIpc) is 3.36. The van der Waals surface area contributed by atoms with Crippen LogP contribution >= 0.6 is 0 Å². The number of carbonyl (C=O) groups excluding carboxylic acids is 1. The maximum absolute atomic E-state index is 12.5. The Kier molecular flexibility index (Phi) is 7.66. The summed E-state index contributed by atoms with van der Waals surface area (Å²) >= 11 is 0. The third-order valence-corrected chi connectivity index (χ3v) is 7.97. The third kappa shape index (κ3) is 5.98. The predicted octanol–water partition coefficient (Wildman–Crippen LogP) is 5.89. The molecule has 7 nitrogen and oxygen atoms in total. The minimum absolute atomic E-state index is 0.0293. The lowest BCUT2D eigenvalue weighted by Crippen LogP contribution is -2.49. The molecule has 2 aromatic heterocycles. The van der Waals surface area contributed by atoms with Crippen LogP contribution in [0.3, 0.4) is 0 Å². The van der Waals surface area contributed by atoms with E-state index in [1.54, 1.807) is 0 Å². The molecular formula is C31H43N5O2. The van der Waals surface area contributed by atoms with Crippen LogP contribution in [0.5, 0.6) is 0 Å². The average molecular weight is 518 g/mol. The number of aromatic nitrogens is 2. The quantitative estimate of drug-likeness (QED) is 0.422. The Morgan fingerprint density at radius 2 is 1.66 bits per heavy atom. The Morgan fingerprint density at radius 1 is 0.974 bits per heavy atom. The molecule has 2 aliphatic heterocycles. The van der Waals surface area contributed by atoms with Crippen LogP contribution in [-0.4, -0.2) is 77.4 Å². The molecule has 38 heavy (non-hydrogen) atoms. The van der Waals surface area contributed by atoms with Gasteiger partial charge in [0.05, 0.1) is 17.8 Å². The molecule has 5 rings (SSSR count). The van der Waals surface area contributed by atoms with Gasteiger partial charge >= 0.3 is 6.09 Å². The molecule has 3 aromatic rings. The van der Waals surface area contributed by atoms with Crippen molar-refractivity contribution in [1.82, 2.24) is 19.4 Å². The second-order valence-corrected chi connectivity index (χ2v) is 12.4. The van der Waals surface area contributed by atoms with E-state index in [1.807, 2.05) is 15.6 Å². The number of benzene rings is 1. The van der Waals surface area contributed by atoms with E-state index in [4.69, 9.17) is 4.74 Å². The first-order chi connectivity index (χ1) is 18.2. The van der Waals surface area contributed by atoms with Crippen LogP contribution in [0.15, 0.2) is 48.8 Å². The number of fused-ring (bicyclic) bond motifs is 1. The van der Waals surface area contributed by atoms with Crippen molar-refractivity contribution in [2.45, 2.75) is 59.4 Å². The van der Waals surface area contributed by atoms with Crippen molar-refractivity contribution in [3.63, 3.8) is 0 Å². The number of amides is 1. The summed E-state index contributed by atoms with van der Waals surface area (Å²) in [6.45, 7) is 16.5. The molecule has 0 bridgehead atoms. The van der Waals surface area contributed by atoms with Crippen LogP contribution in [0, 0.1) is 5.41 Å². The lowest BCUT2D eigenvalue weighted by Gasteiger charge is -2.36. The third-order valence-electron chi connectivity index (χ3n) is 7.97. The van der Waals surface area contributed by atoms with E-state index in [0.29, 0.717) is 31.7 Å². The van der Waals surface area contributed by atoms with Gasteiger partial charge in [-0.25, -0.2) is 9.31 Å². The fourth-order valence-corrected chi connectivity index (χ4v) is 5.62. The van der Waals surface area contributed by atoms with Crippen LogP contribution in [-0.2, 0) is 4.74 Å². The maximum Gasteiger partial charge on any atom is 0.409 e. The zero-order valence-corrected chi connectivity index (χ0v) is 23.7. The van der Waals surface area contributed by atoms with E-state index in [2.05, 4.69) is 92.1 Å². The molecule has 4 heterocycles. The Labute approximate surface area is 227 Å². The van der Waals surface area contributed by atoms with Gasteiger partial charge in [0.2, 0.25) is 0 Å². The fourth-order valence-electron chi connectivity index (χ4n) is 5.62. The highest BCUT2D eigenvalue weighted by Gasteiger charge is 2.25. The topological polar surface area (TPSA) is 53.3 Å². The Morgan fingerprint density at radius 3 is 2.29 bits per heavy atom. The lowest BCUT2D eigenvalue weighted by molar-refractivity contribution is 0.0708. The van der Waals surface area contributed by atoms with Crippen molar-refractivity contribution < 1.29 is 9.53 Å². The van der Waals surface area contributed by atoms with Crippen LogP contribution in [0.2, 0.25) is 0 Å². The highest BCUT2D eigenvalue weighted by molar-refractivity contribution is 5.80. The van der Waals surface area contributed by atoms with Gasteiger partial charge in [0.25, 0.3) is 0 Å². The number of anilines is 1. The summed E-state index contributed by atoms with van der Waals surface area (Å²) in [5.74, 6) is 0.657. The molecule has 0 atom stereocenters. The van der Waals surface area contributed by atoms with Gasteiger partial charge in [0, 0.05) is 50.2 Å². The molecular weight excluding hydrogens is 474 g/mol. The highest BCUT2D eigenvalue weighted by Crippen LogP contribution is 2.32. The van der Waals surface area contributed by atoms with E-state index in [-0.39, 0.29) is 11.5 Å². The first-order valence-electron chi connectivity index (χ1n) is 14.2. The SMILES string of the molecule is CC(C)N1CCC(c2ccc(-c3cc4c(N5CCN(C(=O)OCC(C)(C)C)CC5)ccnn4c3)cc2)CC1. The van der Waals surface area contributed by atoms with Crippen LogP contribution in [0.4, 0.5) is 10.5 Å². The summed E-state index contributed by atoms with van der Waals surface area (Å²) in [5.41, 5.74) is 6.07. The summed E-state index contributed by atoms with van der Waals surface area (Å²) < 4.78 is 7.50. The van der Waals surface area contributed by atoms with Crippen molar-refractivity contribution in [2.75, 3.05) is 50.8 Å². The number of likely N-dealkylation sites (tertiary alicyclic amines) is 1. The van der Waals surface area contributed by atoms with E-state index >= 15 is 0 Å². The number of hydrogen-bond donors (Lipinski definition) is 0. The summed E-state index contributed by atoms with van der Waals surface area (Å²) in [5, 5.41) is 4.59. The molecule has 0 spiro atoms. The number of carbonyl (C=O) groups is 1. The molecule has 0 radical (unpaired) electrons. The molecule has 2 saturated heterocycles. The highest BCUT2D eigenvalue weighted by atomic mass is 16.6. The molecule has 1 amide bonds. The molecule has 0 aliphatic carbocycles. The Hall–Kier alpha value is -3.06. The molecule has 2 fully saturated rings. The number of piperidine rings is 1. The first kappa shape index (κ1) is 26.5. The smallest absolute Gasteiger partial charge is 0.409 e. The second kappa shape index (κ2) is 11.0. The van der Waals surface area contributed by atoms with Gasteiger partial charge < -0.3 is 19.4 Å². The minimum Gasteiger partial charge on any atom is -0.449 e. The van der Waals surface area contributed by atoms with Gasteiger partial charge in [-0.1, -0.05) is 45.0 Å². The van der Waals surface area contributed by atoms with E-state index in [0.717, 1.165) is 24.3 Å². The second-order valence-electron chi connectivity index (χ2n) is 12.4. The fraction of sp³-hybridized carbons (Fsp3) is 0.548. The van der Waals surface area contributed by atoms with Gasteiger partial charge in [0.1, 0.15) is 0 Å². The largest absolute Gasteiger partial charge is 0.449 e. The van der Waals surface area contributed by atoms with Gasteiger partial charge in [-0.15, -0.1) is 0 Å². The van der Waals surface area contributed by atoms with E-state index < -0.39 is 0 Å². The normalized spacial score (nSPS) is 17.9. The molecule has 2 aliphatic rings. The Bertz CT molecular complexity index is 1230. The molecule has 204 valence electrons. The first-order valence-corrected chi connectivity index (χ1v) is 14.2. The number of rotatable bonds is 5. The standard InChI is InChI=1S/C31H43N5O2/c1-23(2)33-14-11-26(12-15-33)24-6-8-25(9-7-24)27-20-29-28(10-13-32-36(29)21-27)34-16-18-35(19-17-34)30(37)38-22-31(3,4)5/h6-10,13,20-21,23,26H,11-12,14-19,22H2,1-5H3. The van der Waals surface area contributed by atoms with Gasteiger partial charge in [-0.2, -0.15) is 5.10 Å². The number of ether oxygens (including phenoxy) is 1. The summed E-state index contributed by atoms with van der Waals surface area (Å²) in [6.07, 6.45) is 6.25. The molecule has 0 unspecified atom stereocenters. The van der Waals surface area contributed by atoms with Crippen molar-refractivity contribution in [1.29, 1.82) is 0 Å². The molecule has 1 aromatic carbocycles. The van der Waals surface area contributed by atoms with Crippen LogP contribution in [0.25, 0.3) is 16.6 Å². The zero-order valence-electron chi connectivity index (χ0n) is 23.7. The van der Waals surface area contributed by atoms with Gasteiger partial charge in [-0.05, 0) is 74.4 Å². The summed E-state index contributed by atoms with van der Waals surface area (Å²) in [4.78, 5) is 19.2.